The molecule has 0 spiro atoms. The van der Waals surface area contributed by atoms with E-state index in [1.165, 1.54) is 70.6 Å². The molecule has 0 saturated heterocycles. The fraction of sp³-hybridized carbons (Fsp3) is 1.00. The maximum atomic E-state index is 11.0. The Balaban J connectivity index is 3.25. The molecule has 0 saturated carbocycles. The van der Waals surface area contributed by atoms with Crippen LogP contribution in [0.2, 0.25) is 0 Å². The summed E-state index contributed by atoms with van der Waals surface area (Å²) in [6.07, 6.45) is 17.4. The zero-order valence-electron chi connectivity index (χ0n) is 14.4. The van der Waals surface area contributed by atoms with Crippen molar-refractivity contribution >= 4 is 8.46 Å². The van der Waals surface area contributed by atoms with Crippen LogP contribution in [0.1, 0.15) is 104 Å². The largest absolute Gasteiger partial charge is 0.393 e. The van der Waals surface area contributed by atoms with Crippen LogP contribution in [0.3, 0.4) is 0 Å². The van der Waals surface area contributed by atoms with Gasteiger partial charge < -0.3 is 5.11 Å². The molecule has 1 N–H and O–H groups in total. The summed E-state index contributed by atoms with van der Waals surface area (Å²) in [5.41, 5.74) is 0.262. The minimum absolute atomic E-state index is 0.258. The average molecular weight is 316 g/mol. The highest BCUT2D eigenvalue weighted by molar-refractivity contribution is 7.24. The van der Waals surface area contributed by atoms with Crippen molar-refractivity contribution in [2.24, 2.45) is 0 Å². The first kappa shape index (κ1) is 21.1. The van der Waals surface area contributed by atoms with Crippen molar-refractivity contribution in [3.05, 3.63) is 0 Å². The predicted molar refractivity (Wildman–Crippen MR) is 93.4 cm³/mol. The topological polar surface area (TPSA) is 37.3 Å². The number of hydrogen-bond acceptors (Lipinski definition) is 2. The fourth-order valence-corrected chi connectivity index (χ4v) is 3.27. The number of rotatable bonds is 16. The zero-order valence-corrected chi connectivity index (χ0v) is 15.3. The molecule has 0 aliphatic heterocycles. The number of aliphatic hydroxyl groups excluding tert-OH is 1. The third-order valence-electron chi connectivity index (χ3n) is 4.21. The minimum Gasteiger partial charge on any atom is -0.393 e. The van der Waals surface area contributed by atoms with E-state index in [1.54, 1.807) is 6.92 Å². The molecule has 0 aromatic rings. The highest BCUT2D eigenvalue weighted by Crippen LogP contribution is 2.21. The average Bonchev–Trinajstić information content (AvgIpc) is 2.47. The molecule has 0 fully saturated rings. The lowest BCUT2D eigenvalue weighted by molar-refractivity contribution is 0.180. The van der Waals surface area contributed by atoms with Crippen molar-refractivity contribution in [2.45, 2.75) is 116 Å². The van der Waals surface area contributed by atoms with E-state index in [0.29, 0.717) is 0 Å². The van der Waals surface area contributed by atoms with Gasteiger partial charge in [0, 0.05) is 5.66 Å². The van der Waals surface area contributed by atoms with Crippen LogP contribution in [0.5, 0.6) is 0 Å². The maximum absolute atomic E-state index is 11.0. The van der Waals surface area contributed by atoms with Gasteiger partial charge in [0.25, 0.3) is 0 Å². The van der Waals surface area contributed by atoms with Crippen molar-refractivity contribution in [1.82, 2.24) is 0 Å². The zero-order chi connectivity index (χ0) is 15.8. The summed E-state index contributed by atoms with van der Waals surface area (Å²) < 4.78 is 11.0. The van der Waals surface area contributed by atoms with Gasteiger partial charge in [-0.3, -0.25) is 4.57 Å². The standard InChI is InChI=1S/C18H37O2P/c1-3-4-5-6-7-8-9-10-11-12-13-14-18(21-20)16-15-17(2)19/h17-19H,3-16H2,1-2H3. The van der Waals surface area contributed by atoms with Gasteiger partial charge in [-0.15, -0.1) is 0 Å². The molecule has 0 aliphatic rings. The monoisotopic (exact) mass is 316 g/mol. The molecule has 0 rings (SSSR count). The van der Waals surface area contributed by atoms with Crippen LogP contribution in [0, 0.1) is 0 Å². The van der Waals surface area contributed by atoms with Crippen LogP contribution >= 0.6 is 8.46 Å². The van der Waals surface area contributed by atoms with Gasteiger partial charge in [0.05, 0.1) is 6.10 Å². The highest BCUT2D eigenvalue weighted by Gasteiger charge is 2.09. The Morgan fingerprint density at radius 3 is 1.67 bits per heavy atom. The SMILES string of the molecule is CCCCCCCCCCCCCC(CCC(C)O)P=O. The Hall–Kier alpha value is 0.0600. The van der Waals surface area contributed by atoms with E-state index in [4.69, 9.17) is 0 Å². The Bertz CT molecular complexity index is 219. The molecule has 2 atom stereocenters. The maximum Gasteiger partial charge on any atom is 0.158 e. The van der Waals surface area contributed by atoms with Crippen molar-refractivity contribution in [1.29, 1.82) is 0 Å². The normalized spacial score (nSPS) is 14.4. The third-order valence-corrected chi connectivity index (χ3v) is 5.02. The van der Waals surface area contributed by atoms with Crippen molar-refractivity contribution < 1.29 is 9.67 Å². The highest BCUT2D eigenvalue weighted by atomic mass is 31.1. The van der Waals surface area contributed by atoms with E-state index in [2.05, 4.69) is 6.92 Å². The molecule has 0 aromatic heterocycles. The summed E-state index contributed by atoms with van der Waals surface area (Å²) in [5.74, 6) is 0. The lowest BCUT2D eigenvalue weighted by Gasteiger charge is -2.10. The quantitative estimate of drug-likeness (QED) is 0.260. The second kappa shape index (κ2) is 16.4. The van der Waals surface area contributed by atoms with Crippen LogP contribution in [-0.4, -0.2) is 16.9 Å². The molecule has 0 aromatic carbocycles. The van der Waals surface area contributed by atoms with Crippen LogP contribution in [0.25, 0.3) is 0 Å². The molecule has 2 unspecified atom stereocenters. The molecule has 0 amide bonds. The second-order valence-corrected chi connectivity index (χ2v) is 7.45. The van der Waals surface area contributed by atoms with Crippen LogP contribution < -0.4 is 0 Å². The molecular formula is C18H37O2P. The summed E-state index contributed by atoms with van der Waals surface area (Å²) in [4.78, 5) is 0. The Morgan fingerprint density at radius 1 is 0.762 bits per heavy atom. The van der Waals surface area contributed by atoms with E-state index in [-0.39, 0.29) is 20.2 Å². The van der Waals surface area contributed by atoms with Crippen molar-refractivity contribution in [2.75, 3.05) is 0 Å². The van der Waals surface area contributed by atoms with E-state index in [0.717, 1.165) is 19.3 Å². The summed E-state index contributed by atoms with van der Waals surface area (Å²) in [5, 5.41) is 9.25. The van der Waals surface area contributed by atoms with Gasteiger partial charge in [0.2, 0.25) is 0 Å². The third kappa shape index (κ3) is 16.3. The lowest BCUT2D eigenvalue weighted by Crippen LogP contribution is -2.06. The first-order valence-corrected chi connectivity index (χ1v) is 10.1. The summed E-state index contributed by atoms with van der Waals surface area (Å²) in [6, 6.07) is 0. The fourth-order valence-electron chi connectivity index (χ4n) is 2.73. The minimum atomic E-state index is -0.258. The van der Waals surface area contributed by atoms with Gasteiger partial charge in [0.15, 0.2) is 8.46 Å². The molecule has 126 valence electrons. The summed E-state index contributed by atoms with van der Waals surface area (Å²) in [7, 11) is 0.266. The van der Waals surface area contributed by atoms with E-state index < -0.39 is 0 Å². The number of unbranched alkanes of at least 4 members (excludes halogenated alkanes) is 10. The van der Waals surface area contributed by atoms with E-state index in [1.807, 2.05) is 0 Å². The molecule has 3 heteroatoms. The van der Waals surface area contributed by atoms with Crippen LogP contribution in [0.4, 0.5) is 0 Å². The Morgan fingerprint density at radius 2 is 1.24 bits per heavy atom. The molecule has 0 heterocycles. The second-order valence-electron chi connectivity index (χ2n) is 6.51. The Labute approximate surface area is 134 Å². The van der Waals surface area contributed by atoms with Gasteiger partial charge in [-0.1, -0.05) is 77.6 Å². The lowest BCUT2D eigenvalue weighted by atomic mass is 10.0. The molecule has 2 nitrogen and oxygen atoms in total. The van der Waals surface area contributed by atoms with Gasteiger partial charge in [-0.2, -0.15) is 0 Å². The summed E-state index contributed by atoms with van der Waals surface area (Å²) >= 11 is 0. The smallest absolute Gasteiger partial charge is 0.158 e. The van der Waals surface area contributed by atoms with Gasteiger partial charge in [0.1, 0.15) is 0 Å². The predicted octanol–water partition coefficient (Wildman–Crippen LogP) is 6.51. The van der Waals surface area contributed by atoms with Gasteiger partial charge >= 0.3 is 0 Å². The summed E-state index contributed by atoms with van der Waals surface area (Å²) in [6.45, 7) is 4.07. The van der Waals surface area contributed by atoms with E-state index in [9.17, 15) is 9.67 Å². The molecule has 0 bridgehead atoms. The van der Waals surface area contributed by atoms with Crippen molar-refractivity contribution in [3.63, 3.8) is 0 Å². The Kier molecular flexibility index (Phi) is 16.5. The number of hydrogen-bond donors (Lipinski definition) is 1. The first-order valence-electron chi connectivity index (χ1n) is 9.21. The first-order chi connectivity index (χ1) is 10.2. The number of aliphatic hydroxyl groups is 1. The van der Waals surface area contributed by atoms with Crippen molar-refractivity contribution in [3.8, 4) is 0 Å². The molecule has 21 heavy (non-hydrogen) atoms. The molecular weight excluding hydrogens is 279 g/mol. The van der Waals surface area contributed by atoms with Crippen LogP contribution in [-0.2, 0) is 4.57 Å². The molecule has 0 radical (unpaired) electrons. The molecule has 0 aliphatic carbocycles. The van der Waals surface area contributed by atoms with Gasteiger partial charge in [-0.25, -0.2) is 0 Å². The van der Waals surface area contributed by atoms with Gasteiger partial charge in [-0.05, 0) is 26.2 Å². The van der Waals surface area contributed by atoms with Crippen LogP contribution in [0.15, 0.2) is 0 Å². The van der Waals surface area contributed by atoms with E-state index >= 15 is 0 Å².